The SMILES string of the molecule is C=CC(=O)N1CCN2Cc3cc(Cl)c(-c4ccc(F)c5sc(N)nc45)cc3OC[C@@H]2C1. The van der Waals surface area contributed by atoms with E-state index in [4.69, 9.17) is 22.1 Å². The molecule has 2 aromatic carbocycles. The highest BCUT2D eigenvalue weighted by Crippen LogP contribution is 2.41. The number of ether oxygens (including phenoxy) is 1. The quantitative estimate of drug-likeness (QED) is 0.589. The highest BCUT2D eigenvalue weighted by atomic mass is 35.5. The van der Waals surface area contributed by atoms with Gasteiger partial charge in [0.15, 0.2) is 5.13 Å². The molecule has 160 valence electrons. The van der Waals surface area contributed by atoms with E-state index in [9.17, 15) is 9.18 Å². The average molecular weight is 459 g/mol. The number of fused-ring (bicyclic) bond motifs is 3. The molecule has 0 bridgehead atoms. The first-order chi connectivity index (χ1) is 14.9. The van der Waals surface area contributed by atoms with Gasteiger partial charge in [-0.1, -0.05) is 29.5 Å². The second kappa shape index (κ2) is 7.78. The molecule has 0 saturated carbocycles. The summed E-state index contributed by atoms with van der Waals surface area (Å²) >= 11 is 7.78. The Balaban J connectivity index is 1.50. The maximum atomic E-state index is 14.2. The van der Waals surface area contributed by atoms with Crippen LogP contribution in [-0.4, -0.2) is 53.0 Å². The number of carbonyl (C=O) groups is 1. The minimum absolute atomic E-state index is 0.0606. The molecule has 2 N–H and O–H groups in total. The van der Waals surface area contributed by atoms with E-state index in [2.05, 4.69) is 16.5 Å². The van der Waals surface area contributed by atoms with Gasteiger partial charge in [0, 0.05) is 47.9 Å². The van der Waals surface area contributed by atoms with Gasteiger partial charge in [-0.15, -0.1) is 0 Å². The molecule has 1 amide bonds. The van der Waals surface area contributed by atoms with Crippen molar-refractivity contribution >= 4 is 44.2 Å². The smallest absolute Gasteiger partial charge is 0.246 e. The number of piperazine rings is 1. The first kappa shape index (κ1) is 20.2. The summed E-state index contributed by atoms with van der Waals surface area (Å²) in [4.78, 5) is 20.4. The average Bonchev–Trinajstić information content (AvgIpc) is 3.07. The van der Waals surface area contributed by atoms with E-state index in [1.54, 1.807) is 11.0 Å². The van der Waals surface area contributed by atoms with Gasteiger partial charge in [0.1, 0.15) is 18.2 Å². The molecule has 0 radical (unpaired) electrons. The maximum absolute atomic E-state index is 14.2. The van der Waals surface area contributed by atoms with E-state index in [1.807, 2.05) is 12.1 Å². The van der Waals surface area contributed by atoms with Gasteiger partial charge in [0.25, 0.3) is 0 Å². The Kier molecular flexibility index (Phi) is 5.08. The Morgan fingerprint density at radius 1 is 1.35 bits per heavy atom. The van der Waals surface area contributed by atoms with Crippen molar-refractivity contribution in [2.45, 2.75) is 12.6 Å². The van der Waals surface area contributed by atoms with Crippen LogP contribution in [0.15, 0.2) is 36.9 Å². The maximum Gasteiger partial charge on any atom is 0.246 e. The number of rotatable bonds is 2. The topological polar surface area (TPSA) is 71.7 Å². The molecule has 2 aliphatic rings. The molecular weight excluding hydrogens is 439 g/mol. The Morgan fingerprint density at radius 2 is 2.19 bits per heavy atom. The summed E-state index contributed by atoms with van der Waals surface area (Å²) < 4.78 is 20.8. The van der Waals surface area contributed by atoms with Crippen LogP contribution in [0.25, 0.3) is 21.3 Å². The van der Waals surface area contributed by atoms with Gasteiger partial charge in [-0.25, -0.2) is 9.37 Å². The van der Waals surface area contributed by atoms with Crippen LogP contribution < -0.4 is 10.5 Å². The van der Waals surface area contributed by atoms with Crippen molar-refractivity contribution in [3.8, 4) is 16.9 Å². The summed E-state index contributed by atoms with van der Waals surface area (Å²) in [5.41, 5.74) is 8.74. The van der Waals surface area contributed by atoms with Crippen LogP contribution in [0, 0.1) is 5.82 Å². The molecule has 2 aliphatic heterocycles. The van der Waals surface area contributed by atoms with Crippen molar-refractivity contribution in [1.29, 1.82) is 0 Å². The van der Waals surface area contributed by atoms with Crippen LogP contribution >= 0.6 is 22.9 Å². The van der Waals surface area contributed by atoms with Crippen molar-refractivity contribution in [2.24, 2.45) is 0 Å². The van der Waals surface area contributed by atoms with E-state index in [0.717, 1.165) is 34.8 Å². The van der Waals surface area contributed by atoms with Crippen LogP contribution in [0.3, 0.4) is 0 Å². The zero-order valence-electron chi connectivity index (χ0n) is 16.6. The number of hydrogen-bond donors (Lipinski definition) is 1. The number of hydrogen-bond acceptors (Lipinski definition) is 6. The zero-order chi connectivity index (χ0) is 21.7. The number of nitrogens with zero attached hydrogens (tertiary/aromatic N) is 3. The number of amides is 1. The third-order valence-electron chi connectivity index (χ3n) is 5.85. The molecule has 1 saturated heterocycles. The van der Waals surface area contributed by atoms with E-state index in [0.29, 0.717) is 52.2 Å². The number of aromatic nitrogens is 1. The molecule has 1 atom stereocenters. The van der Waals surface area contributed by atoms with Gasteiger partial charge in [-0.05, 0) is 30.3 Å². The fourth-order valence-corrected chi connectivity index (χ4v) is 5.31. The van der Waals surface area contributed by atoms with Crippen molar-refractivity contribution in [1.82, 2.24) is 14.8 Å². The molecule has 0 aliphatic carbocycles. The fraction of sp³-hybridized carbons (Fsp3) is 0.273. The molecule has 1 fully saturated rings. The number of nitrogen functional groups attached to an aromatic ring is 1. The van der Waals surface area contributed by atoms with Crippen LogP contribution in [0.5, 0.6) is 5.75 Å². The second-order valence-electron chi connectivity index (χ2n) is 7.69. The molecule has 5 rings (SSSR count). The lowest BCUT2D eigenvalue weighted by atomic mass is 10.0. The summed E-state index contributed by atoms with van der Waals surface area (Å²) in [5, 5.41) is 0.847. The van der Waals surface area contributed by atoms with Crippen LogP contribution in [0.1, 0.15) is 5.56 Å². The van der Waals surface area contributed by atoms with E-state index in [-0.39, 0.29) is 17.8 Å². The third kappa shape index (κ3) is 3.54. The normalized spacial score (nSPS) is 18.8. The summed E-state index contributed by atoms with van der Waals surface area (Å²) in [7, 11) is 0. The molecular formula is C22H20ClFN4O2S. The summed E-state index contributed by atoms with van der Waals surface area (Å²) in [6.45, 7) is 6.72. The van der Waals surface area contributed by atoms with Crippen LogP contribution in [-0.2, 0) is 11.3 Å². The minimum atomic E-state index is -0.356. The van der Waals surface area contributed by atoms with Crippen molar-refractivity contribution < 1.29 is 13.9 Å². The third-order valence-corrected chi connectivity index (χ3v) is 7.05. The molecule has 3 aromatic rings. The Labute approximate surface area is 187 Å². The van der Waals surface area contributed by atoms with Crippen LogP contribution in [0.4, 0.5) is 9.52 Å². The summed E-state index contributed by atoms with van der Waals surface area (Å²) in [6.07, 6.45) is 1.35. The largest absolute Gasteiger partial charge is 0.492 e. The van der Waals surface area contributed by atoms with E-state index >= 15 is 0 Å². The van der Waals surface area contributed by atoms with Gasteiger partial charge in [-0.2, -0.15) is 0 Å². The fourth-order valence-electron chi connectivity index (χ4n) is 4.26. The van der Waals surface area contributed by atoms with Crippen molar-refractivity contribution in [3.05, 3.63) is 53.3 Å². The standard InChI is InChI=1S/C22H20ClFN4O2S/c1-2-19(29)28-6-5-27-9-12-7-16(23)15(8-18(12)30-11-13(27)10-28)14-3-4-17(24)21-20(14)26-22(25)31-21/h2-4,7-8,13H,1,5-6,9-11H2,(H2,25,26)/t13-/m0/s1. The van der Waals surface area contributed by atoms with Gasteiger partial charge in [-0.3, -0.25) is 9.69 Å². The summed E-state index contributed by atoms with van der Waals surface area (Å²) in [5.74, 6) is 0.316. The highest BCUT2D eigenvalue weighted by Gasteiger charge is 2.32. The van der Waals surface area contributed by atoms with E-state index < -0.39 is 0 Å². The molecule has 9 heteroatoms. The van der Waals surface area contributed by atoms with Gasteiger partial charge >= 0.3 is 0 Å². The number of nitrogens with two attached hydrogens (primary N) is 1. The highest BCUT2D eigenvalue weighted by molar-refractivity contribution is 7.22. The predicted octanol–water partition coefficient (Wildman–Crippen LogP) is 3.93. The summed E-state index contributed by atoms with van der Waals surface area (Å²) in [6, 6.07) is 6.96. The van der Waals surface area contributed by atoms with Gasteiger partial charge in [0.2, 0.25) is 5.91 Å². The molecule has 0 spiro atoms. The molecule has 1 aromatic heterocycles. The molecule has 0 unspecified atom stereocenters. The van der Waals surface area contributed by atoms with Gasteiger partial charge in [0.05, 0.1) is 16.3 Å². The first-order valence-corrected chi connectivity index (χ1v) is 11.1. The van der Waals surface area contributed by atoms with Crippen molar-refractivity contribution in [3.63, 3.8) is 0 Å². The van der Waals surface area contributed by atoms with Crippen molar-refractivity contribution in [2.75, 3.05) is 32.0 Å². The van der Waals surface area contributed by atoms with Gasteiger partial charge < -0.3 is 15.4 Å². The molecule has 3 heterocycles. The number of thiazole rings is 1. The molecule has 31 heavy (non-hydrogen) atoms. The monoisotopic (exact) mass is 458 g/mol. The Morgan fingerprint density at radius 3 is 3.00 bits per heavy atom. The lowest BCUT2D eigenvalue weighted by Gasteiger charge is -2.39. The van der Waals surface area contributed by atoms with Crippen LogP contribution in [0.2, 0.25) is 5.02 Å². The first-order valence-electron chi connectivity index (χ1n) is 9.90. The second-order valence-corrected chi connectivity index (χ2v) is 9.13. The number of halogens is 2. The zero-order valence-corrected chi connectivity index (χ0v) is 18.2. The Hall–Kier alpha value is -2.68. The lowest BCUT2D eigenvalue weighted by molar-refractivity contribution is -0.129. The Bertz CT molecular complexity index is 1210. The number of benzene rings is 2. The number of carbonyl (C=O) groups excluding carboxylic acids is 1. The minimum Gasteiger partial charge on any atom is -0.492 e. The predicted molar refractivity (Wildman–Crippen MR) is 121 cm³/mol. The molecule has 6 nitrogen and oxygen atoms in total. The van der Waals surface area contributed by atoms with E-state index in [1.165, 1.54) is 12.1 Å². The number of anilines is 1. The lowest BCUT2D eigenvalue weighted by Crippen LogP contribution is -2.55.